The predicted molar refractivity (Wildman–Crippen MR) is 82.3 cm³/mol. The van der Waals surface area contributed by atoms with Gasteiger partial charge >= 0.3 is 0 Å². The second-order valence-corrected chi connectivity index (χ2v) is 4.72. The highest BCUT2D eigenvalue weighted by atomic mass is 16.5. The Morgan fingerprint density at radius 2 is 1.95 bits per heavy atom. The molecule has 0 bridgehead atoms. The molecule has 0 saturated heterocycles. The Bertz CT molecular complexity index is 450. The topological polar surface area (TPSA) is 35.5 Å². The normalized spacial score (nSPS) is 10.8. The Morgan fingerprint density at radius 3 is 2.60 bits per heavy atom. The molecule has 0 amide bonds. The lowest BCUT2D eigenvalue weighted by molar-refractivity contribution is -0.114. The average molecular weight is 276 g/mol. The standard InChI is InChI=1S/C17H24O3/c1-4-5-6-7-8-15(18)10-9-14-13-16(19-2)11-12-17(14)20-3/h9-13H,4-8H2,1-3H3/b10-9+. The van der Waals surface area contributed by atoms with Crippen LogP contribution in [0.25, 0.3) is 6.08 Å². The molecule has 0 heterocycles. The van der Waals surface area contributed by atoms with Crippen LogP contribution in [0.3, 0.4) is 0 Å². The van der Waals surface area contributed by atoms with Crippen molar-refractivity contribution in [2.45, 2.75) is 39.0 Å². The molecule has 0 radical (unpaired) electrons. The van der Waals surface area contributed by atoms with Gasteiger partial charge in [-0.1, -0.05) is 26.2 Å². The molecule has 3 heteroatoms. The average Bonchev–Trinajstić information content (AvgIpc) is 2.49. The van der Waals surface area contributed by atoms with Crippen LogP contribution in [0, 0.1) is 0 Å². The molecule has 0 atom stereocenters. The summed E-state index contributed by atoms with van der Waals surface area (Å²) in [4.78, 5) is 11.8. The first-order valence-corrected chi connectivity index (χ1v) is 7.14. The van der Waals surface area contributed by atoms with Gasteiger partial charge in [0.2, 0.25) is 0 Å². The van der Waals surface area contributed by atoms with E-state index in [1.165, 1.54) is 12.8 Å². The molecular formula is C17H24O3. The maximum absolute atomic E-state index is 11.8. The van der Waals surface area contributed by atoms with E-state index < -0.39 is 0 Å². The maximum Gasteiger partial charge on any atom is 0.155 e. The van der Waals surface area contributed by atoms with E-state index in [1.807, 2.05) is 18.2 Å². The molecule has 20 heavy (non-hydrogen) atoms. The third-order valence-electron chi connectivity index (χ3n) is 3.16. The molecule has 0 fully saturated rings. The second kappa shape index (κ2) is 9.18. The number of hydrogen-bond acceptors (Lipinski definition) is 3. The van der Waals surface area contributed by atoms with Crippen molar-refractivity contribution in [2.75, 3.05) is 14.2 Å². The molecule has 110 valence electrons. The Balaban J connectivity index is 2.61. The molecule has 1 aromatic rings. The summed E-state index contributed by atoms with van der Waals surface area (Å²) in [5.41, 5.74) is 0.855. The zero-order chi connectivity index (χ0) is 14.8. The number of ether oxygens (including phenoxy) is 2. The summed E-state index contributed by atoms with van der Waals surface area (Å²) in [6.45, 7) is 2.16. The number of allylic oxidation sites excluding steroid dienone is 1. The zero-order valence-electron chi connectivity index (χ0n) is 12.6. The molecule has 0 saturated carbocycles. The van der Waals surface area contributed by atoms with E-state index in [0.717, 1.165) is 29.9 Å². The van der Waals surface area contributed by atoms with Crippen molar-refractivity contribution in [3.8, 4) is 11.5 Å². The number of rotatable bonds is 9. The van der Waals surface area contributed by atoms with Gasteiger partial charge in [-0.15, -0.1) is 0 Å². The van der Waals surface area contributed by atoms with Gasteiger partial charge in [0.25, 0.3) is 0 Å². The molecule has 0 N–H and O–H groups in total. The van der Waals surface area contributed by atoms with Gasteiger partial charge in [0.05, 0.1) is 14.2 Å². The van der Waals surface area contributed by atoms with Gasteiger partial charge in [-0.25, -0.2) is 0 Å². The molecule has 0 aromatic heterocycles. The maximum atomic E-state index is 11.8. The van der Waals surface area contributed by atoms with Gasteiger partial charge in [-0.3, -0.25) is 4.79 Å². The molecule has 0 aliphatic heterocycles. The van der Waals surface area contributed by atoms with Crippen molar-refractivity contribution < 1.29 is 14.3 Å². The molecule has 0 aliphatic rings. The number of carbonyl (C=O) groups is 1. The first-order valence-electron chi connectivity index (χ1n) is 7.14. The van der Waals surface area contributed by atoms with Crippen molar-refractivity contribution in [1.29, 1.82) is 0 Å². The Kier molecular flexibility index (Phi) is 7.48. The Morgan fingerprint density at radius 1 is 1.15 bits per heavy atom. The number of carbonyl (C=O) groups excluding carboxylic acids is 1. The number of ketones is 1. The van der Waals surface area contributed by atoms with Crippen LogP contribution in [-0.2, 0) is 4.79 Å². The van der Waals surface area contributed by atoms with Crippen LogP contribution in [0.5, 0.6) is 11.5 Å². The highest BCUT2D eigenvalue weighted by Gasteiger charge is 2.03. The molecule has 0 spiro atoms. The molecule has 3 nitrogen and oxygen atoms in total. The minimum atomic E-state index is 0.158. The third-order valence-corrected chi connectivity index (χ3v) is 3.16. The molecule has 0 unspecified atom stereocenters. The van der Waals surface area contributed by atoms with Crippen LogP contribution in [-0.4, -0.2) is 20.0 Å². The van der Waals surface area contributed by atoms with Crippen LogP contribution in [0.4, 0.5) is 0 Å². The van der Waals surface area contributed by atoms with Gasteiger partial charge < -0.3 is 9.47 Å². The number of benzene rings is 1. The Hall–Kier alpha value is -1.77. The number of hydrogen-bond donors (Lipinski definition) is 0. The van der Waals surface area contributed by atoms with E-state index in [9.17, 15) is 4.79 Å². The Labute approximate surface area is 121 Å². The van der Waals surface area contributed by atoms with Crippen molar-refractivity contribution >= 4 is 11.9 Å². The fourth-order valence-electron chi connectivity index (χ4n) is 1.96. The first kappa shape index (κ1) is 16.3. The summed E-state index contributed by atoms with van der Waals surface area (Å²) >= 11 is 0. The third kappa shape index (κ3) is 5.47. The zero-order valence-corrected chi connectivity index (χ0v) is 12.6. The van der Waals surface area contributed by atoms with Gasteiger partial charge in [0.15, 0.2) is 5.78 Å². The fourth-order valence-corrected chi connectivity index (χ4v) is 1.96. The first-order chi connectivity index (χ1) is 9.71. The fraction of sp³-hybridized carbons (Fsp3) is 0.471. The summed E-state index contributed by atoms with van der Waals surface area (Å²) in [7, 11) is 3.24. The minimum absolute atomic E-state index is 0.158. The second-order valence-electron chi connectivity index (χ2n) is 4.72. The lowest BCUT2D eigenvalue weighted by Gasteiger charge is -2.07. The quantitative estimate of drug-likeness (QED) is 0.499. The number of methoxy groups -OCH3 is 2. The molecule has 1 aromatic carbocycles. The van der Waals surface area contributed by atoms with Crippen molar-refractivity contribution in [3.63, 3.8) is 0 Å². The van der Waals surface area contributed by atoms with E-state index in [4.69, 9.17) is 9.47 Å². The van der Waals surface area contributed by atoms with Crippen molar-refractivity contribution in [1.82, 2.24) is 0 Å². The van der Waals surface area contributed by atoms with E-state index in [0.29, 0.717) is 6.42 Å². The van der Waals surface area contributed by atoms with Gasteiger partial charge in [0.1, 0.15) is 11.5 Å². The number of unbranched alkanes of at least 4 members (excludes halogenated alkanes) is 3. The van der Waals surface area contributed by atoms with Crippen molar-refractivity contribution in [3.05, 3.63) is 29.8 Å². The molecular weight excluding hydrogens is 252 g/mol. The van der Waals surface area contributed by atoms with Crippen LogP contribution in [0.1, 0.15) is 44.6 Å². The van der Waals surface area contributed by atoms with Crippen LogP contribution in [0.2, 0.25) is 0 Å². The van der Waals surface area contributed by atoms with E-state index in [-0.39, 0.29) is 5.78 Å². The van der Waals surface area contributed by atoms with Gasteiger partial charge in [0, 0.05) is 12.0 Å². The van der Waals surface area contributed by atoms with Crippen molar-refractivity contribution in [2.24, 2.45) is 0 Å². The molecule has 0 aliphatic carbocycles. The highest BCUT2D eigenvalue weighted by Crippen LogP contribution is 2.25. The smallest absolute Gasteiger partial charge is 0.155 e. The predicted octanol–water partition coefficient (Wildman–Crippen LogP) is 4.26. The monoisotopic (exact) mass is 276 g/mol. The SMILES string of the molecule is CCCCCCC(=O)/C=C/c1cc(OC)ccc1OC. The summed E-state index contributed by atoms with van der Waals surface area (Å²) in [5, 5.41) is 0. The van der Waals surface area contributed by atoms with Crippen LogP contribution >= 0.6 is 0 Å². The largest absolute Gasteiger partial charge is 0.497 e. The summed E-state index contributed by atoms with van der Waals surface area (Å²) in [5.74, 6) is 1.65. The lowest BCUT2D eigenvalue weighted by Crippen LogP contribution is -1.93. The minimum Gasteiger partial charge on any atom is -0.497 e. The summed E-state index contributed by atoms with van der Waals surface area (Å²) in [6, 6.07) is 5.53. The highest BCUT2D eigenvalue weighted by molar-refractivity contribution is 5.93. The van der Waals surface area contributed by atoms with Crippen LogP contribution in [0.15, 0.2) is 24.3 Å². The molecule has 1 rings (SSSR count). The van der Waals surface area contributed by atoms with E-state index >= 15 is 0 Å². The van der Waals surface area contributed by atoms with Gasteiger partial charge in [-0.05, 0) is 36.8 Å². The van der Waals surface area contributed by atoms with Crippen LogP contribution < -0.4 is 9.47 Å². The summed E-state index contributed by atoms with van der Waals surface area (Å²) < 4.78 is 10.5. The lowest BCUT2D eigenvalue weighted by atomic mass is 10.1. The van der Waals surface area contributed by atoms with Gasteiger partial charge in [-0.2, -0.15) is 0 Å². The van der Waals surface area contributed by atoms with E-state index in [1.54, 1.807) is 26.4 Å². The van der Waals surface area contributed by atoms with E-state index in [2.05, 4.69) is 6.92 Å². The summed E-state index contributed by atoms with van der Waals surface area (Å²) in [6.07, 6.45) is 8.51.